The predicted octanol–water partition coefficient (Wildman–Crippen LogP) is 5.80. The first-order valence-corrected chi connectivity index (χ1v) is 16.1. The number of amides is 2. The third-order valence-corrected chi connectivity index (χ3v) is 9.12. The van der Waals surface area contributed by atoms with Crippen LogP contribution in [-0.4, -0.2) is 44.3 Å². The van der Waals surface area contributed by atoms with Crippen molar-refractivity contribution < 1.29 is 22.4 Å². The second-order valence-electron chi connectivity index (χ2n) is 10.7. The van der Waals surface area contributed by atoms with Gasteiger partial charge in [0.2, 0.25) is 11.8 Å². The van der Waals surface area contributed by atoms with Crippen molar-refractivity contribution in [1.29, 1.82) is 0 Å². The van der Waals surface area contributed by atoms with Gasteiger partial charge in [0.05, 0.1) is 10.6 Å². The summed E-state index contributed by atoms with van der Waals surface area (Å²) in [6.07, 6.45) is 0.840. The van der Waals surface area contributed by atoms with Gasteiger partial charge in [0.25, 0.3) is 10.0 Å². The first-order chi connectivity index (χ1) is 21.1. The largest absolute Gasteiger partial charge is 0.354 e. The molecule has 9 heteroatoms. The molecule has 0 saturated heterocycles. The highest BCUT2D eigenvalue weighted by Crippen LogP contribution is 2.28. The SMILES string of the molecule is CCCNC(=O)[C@@H](Cc1ccccc1)N(Cc1ccccc1F)C(=O)CN(c1ccc(C)cc1C)S(=O)(=O)c1ccccc1. The van der Waals surface area contributed by atoms with E-state index in [-0.39, 0.29) is 23.4 Å². The molecule has 44 heavy (non-hydrogen) atoms. The molecule has 2 amide bonds. The average Bonchev–Trinajstić information content (AvgIpc) is 3.02. The maximum Gasteiger partial charge on any atom is 0.264 e. The van der Waals surface area contributed by atoms with E-state index in [0.29, 0.717) is 24.2 Å². The lowest BCUT2D eigenvalue weighted by atomic mass is 10.0. The van der Waals surface area contributed by atoms with Gasteiger partial charge in [-0.2, -0.15) is 0 Å². The van der Waals surface area contributed by atoms with Crippen LogP contribution in [0.15, 0.2) is 108 Å². The number of carbonyl (C=O) groups excluding carboxylic acids is 2. The van der Waals surface area contributed by atoms with Crippen LogP contribution in [0.4, 0.5) is 10.1 Å². The van der Waals surface area contributed by atoms with Crippen molar-refractivity contribution >= 4 is 27.5 Å². The van der Waals surface area contributed by atoms with Gasteiger partial charge in [0, 0.05) is 25.1 Å². The van der Waals surface area contributed by atoms with Gasteiger partial charge in [-0.15, -0.1) is 0 Å². The fraction of sp³-hybridized carbons (Fsp3) is 0.257. The molecule has 0 aliphatic heterocycles. The number of aryl methyl sites for hydroxylation is 2. The van der Waals surface area contributed by atoms with E-state index in [1.54, 1.807) is 55.5 Å². The van der Waals surface area contributed by atoms with E-state index in [4.69, 9.17) is 0 Å². The van der Waals surface area contributed by atoms with Crippen LogP contribution in [0.2, 0.25) is 0 Å². The normalized spacial score (nSPS) is 11.9. The number of hydrogen-bond donors (Lipinski definition) is 1. The number of sulfonamides is 1. The molecule has 0 spiro atoms. The molecule has 4 aromatic carbocycles. The summed E-state index contributed by atoms with van der Waals surface area (Å²) in [6.45, 7) is 5.18. The standard InChI is InChI=1S/C35H38FN3O4S/c1-4-21-37-35(41)33(23-28-13-7-5-8-14-28)38(24-29-15-11-12-18-31(29)36)34(40)25-39(32-20-19-26(2)22-27(32)3)44(42,43)30-16-9-6-10-17-30/h5-20,22,33H,4,21,23-25H2,1-3H3,(H,37,41)/t33-/m1/s1. The number of rotatable bonds is 13. The van der Waals surface area contributed by atoms with Gasteiger partial charge < -0.3 is 10.2 Å². The summed E-state index contributed by atoms with van der Waals surface area (Å²) in [7, 11) is -4.21. The third kappa shape index (κ3) is 7.90. The zero-order chi connectivity index (χ0) is 31.7. The zero-order valence-electron chi connectivity index (χ0n) is 25.2. The maximum absolute atomic E-state index is 15.0. The van der Waals surface area contributed by atoms with Crippen LogP contribution in [0.5, 0.6) is 0 Å². The van der Waals surface area contributed by atoms with E-state index in [0.717, 1.165) is 15.4 Å². The molecule has 0 unspecified atom stereocenters. The molecule has 1 atom stereocenters. The smallest absolute Gasteiger partial charge is 0.264 e. The quantitative estimate of drug-likeness (QED) is 0.206. The Kier molecular flexibility index (Phi) is 10.9. The Labute approximate surface area is 259 Å². The Balaban J connectivity index is 1.82. The molecule has 0 aliphatic rings. The summed E-state index contributed by atoms with van der Waals surface area (Å²) in [6, 6.07) is 27.5. The van der Waals surface area contributed by atoms with Gasteiger partial charge in [0.1, 0.15) is 18.4 Å². The molecule has 0 saturated carbocycles. The molecule has 0 radical (unpaired) electrons. The molecule has 4 aromatic rings. The van der Waals surface area contributed by atoms with Gasteiger partial charge in [-0.25, -0.2) is 12.8 Å². The van der Waals surface area contributed by atoms with E-state index in [1.807, 2.05) is 50.2 Å². The van der Waals surface area contributed by atoms with Crippen molar-refractivity contribution in [1.82, 2.24) is 10.2 Å². The fourth-order valence-electron chi connectivity index (χ4n) is 5.05. The minimum absolute atomic E-state index is 0.0231. The molecule has 1 N–H and O–H groups in total. The Morgan fingerprint density at radius 1 is 0.864 bits per heavy atom. The first kappa shape index (κ1) is 32.4. The second-order valence-corrected chi connectivity index (χ2v) is 12.6. The molecule has 0 fully saturated rings. The van der Waals surface area contributed by atoms with Gasteiger partial charge in [-0.3, -0.25) is 13.9 Å². The summed E-state index contributed by atoms with van der Waals surface area (Å²) in [5.74, 6) is -1.56. The lowest BCUT2D eigenvalue weighted by Gasteiger charge is -2.34. The van der Waals surface area contributed by atoms with Gasteiger partial charge >= 0.3 is 0 Å². The van der Waals surface area contributed by atoms with Crippen LogP contribution in [0, 0.1) is 19.7 Å². The molecule has 230 valence electrons. The number of hydrogen-bond acceptors (Lipinski definition) is 4. The molecule has 4 rings (SSSR count). The number of carbonyl (C=O) groups is 2. The Morgan fingerprint density at radius 2 is 1.50 bits per heavy atom. The minimum Gasteiger partial charge on any atom is -0.354 e. The summed E-state index contributed by atoms with van der Waals surface area (Å²) in [5.41, 5.74) is 2.96. The Morgan fingerprint density at radius 3 is 2.14 bits per heavy atom. The van der Waals surface area contributed by atoms with Crippen LogP contribution < -0.4 is 9.62 Å². The van der Waals surface area contributed by atoms with Crippen LogP contribution in [-0.2, 0) is 32.6 Å². The van der Waals surface area contributed by atoms with Gasteiger partial charge in [-0.1, -0.05) is 91.3 Å². The first-order valence-electron chi connectivity index (χ1n) is 14.6. The Bertz CT molecular complexity index is 1680. The van der Waals surface area contributed by atoms with Crippen LogP contribution in [0.25, 0.3) is 0 Å². The van der Waals surface area contributed by atoms with Gasteiger partial charge in [0.15, 0.2) is 0 Å². The number of nitrogens with one attached hydrogen (secondary N) is 1. The van der Waals surface area contributed by atoms with Crippen molar-refractivity contribution in [2.24, 2.45) is 0 Å². The van der Waals surface area contributed by atoms with Crippen molar-refractivity contribution in [2.45, 2.75) is 51.1 Å². The molecular weight excluding hydrogens is 577 g/mol. The molecule has 0 heterocycles. The van der Waals surface area contributed by atoms with Crippen LogP contribution >= 0.6 is 0 Å². The van der Waals surface area contributed by atoms with E-state index in [2.05, 4.69) is 5.32 Å². The van der Waals surface area contributed by atoms with E-state index < -0.39 is 40.2 Å². The fourth-order valence-corrected chi connectivity index (χ4v) is 6.55. The predicted molar refractivity (Wildman–Crippen MR) is 171 cm³/mol. The number of benzene rings is 4. The van der Waals surface area contributed by atoms with Crippen molar-refractivity contribution in [3.63, 3.8) is 0 Å². The topological polar surface area (TPSA) is 86.8 Å². The lowest BCUT2D eigenvalue weighted by molar-refractivity contribution is -0.140. The lowest BCUT2D eigenvalue weighted by Crippen LogP contribution is -2.53. The molecular formula is C35H38FN3O4S. The highest BCUT2D eigenvalue weighted by atomic mass is 32.2. The van der Waals surface area contributed by atoms with E-state index in [1.165, 1.54) is 23.1 Å². The summed E-state index contributed by atoms with van der Waals surface area (Å²) in [5, 5.41) is 2.89. The number of anilines is 1. The van der Waals surface area contributed by atoms with E-state index in [9.17, 15) is 22.4 Å². The molecule has 0 aromatic heterocycles. The molecule has 7 nitrogen and oxygen atoms in total. The molecule has 0 aliphatic carbocycles. The average molecular weight is 616 g/mol. The Hall–Kier alpha value is -4.50. The highest BCUT2D eigenvalue weighted by molar-refractivity contribution is 7.92. The summed E-state index contributed by atoms with van der Waals surface area (Å²) >= 11 is 0. The van der Waals surface area contributed by atoms with Crippen LogP contribution in [0.3, 0.4) is 0 Å². The van der Waals surface area contributed by atoms with Crippen molar-refractivity contribution in [3.8, 4) is 0 Å². The number of nitrogens with zero attached hydrogens (tertiary/aromatic N) is 2. The van der Waals surface area contributed by atoms with Gasteiger partial charge in [-0.05, 0) is 55.7 Å². The summed E-state index contributed by atoms with van der Waals surface area (Å²) < 4.78 is 44.3. The monoisotopic (exact) mass is 615 g/mol. The zero-order valence-corrected chi connectivity index (χ0v) is 26.1. The minimum atomic E-state index is -4.21. The second kappa shape index (κ2) is 14.8. The van der Waals surface area contributed by atoms with Crippen LogP contribution in [0.1, 0.15) is 35.6 Å². The van der Waals surface area contributed by atoms with Crippen molar-refractivity contribution in [3.05, 3.63) is 131 Å². The highest BCUT2D eigenvalue weighted by Gasteiger charge is 2.35. The third-order valence-electron chi connectivity index (χ3n) is 7.35. The van der Waals surface area contributed by atoms with Crippen molar-refractivity contribution in [2.75, 3.05) is 17.4 Å². The van der Waals surface area contributed by atoms with E-state index >= 15 is 0 Å². The maximum atomic E-state index is 15.0. The number of halogens is 1. The molecule has 0 bridgehead atoms. The summed E-state index contributed by atoms with van der Waals surface area (Å²) in [4.78, 5) is 29.4.